The molecule has 0 atom stereocenters. The van der Waals surface area contributed by atoms with Gasteiger partial charge in [-0.25, -0.2) is 0 Å². The Morgan fingerprint density at radius 2 is 1.46 bits per heavy atom. The van der Waals surface area contributed by atoms with Crippen molar-refractivity contribution in [2.75, 3.05) is 0 Å². The molecule has 0 saturated carbocycles. The van der Waals surface area contributed by atoms with E-state index in [9.17, 15) is 0 Å². The van der Waals surface area contributed by atoms with E-state index in [0.29, 0.717) is 5.92 Å². The Hall–Kier alpha value is -1.72. The Morgan fingerprint density at radius 3 is 2.04 bits per heavy atom. The molecule has 0 fully saturated rings. The van der Waals surface area contributed by atoms with E-state index in [0.717, 1.165) is 6.42 Å². The molecule has 2 aliphatic carbocycles. The van der Waals surface area contributed by atoms with Crippen LogP contribution < -0.4 is 0 Å². The van der Waals surface area contributed by atoms with E-state index < -0.39 is 23.2 Å². The van der Waals surface area contributed by atoms with Crippen LogP contribution in [0, 0.1) is 0 Å². The molecule has 1 heteroatoms. The van der Waals surface area contributed by atoms with Gasteiger partial charge in [-0.3, -0.25) is 0 Å². The molecule has 0 unspecified atom stereocenters. The molecule has 0 saturated heterocycles. The summed E-state index contributed by atoms with van der Waals surface area (Å²) in [6.45, 7) is 0. The maximum atomic E-state index is 2.39. The third kappa shape index (κ3) is 3.37. The zero-order valence-electron chi connectivity index (χ0n) is 15.7. The molecule has 0 heterocycles. The molecule has 0 radical (unpaired) electrons. The summed E-state index contributed by atoms with van der Waals surface area (Å²) in [6.07, 6.45) is 14.0. The fourth-order valence-corrected chi connectivity index (χ4v) is 6.88. The molecule has 0 spiro atoms. The second-order valence-corrected chi connectivity index (χ2v) is 9.92. The average Bonchev–Trinajstić information content (AvgIpc) is 3.30. The Balaban J connectivity index is 0.00000121. The van der Waals surface area contributed by atoms with Crippen LogP contribution in [0.15, 0.2) is 103 Å². The van der Waals surface area contributed by atoms with E-state index >= 15 is 0 Å². The molecule has 2 aliphatic rings. The molecule has 2 aromatic carbocycles. The standard InChI is InChI=1S/C18H15.C5H5.Zr.2H/c1-3-9-15(10-4-1)18(17-13-7-8-14-17)16-11-5-2-6-12-16;1-2-4-5-3-1;;;/h1-7,9-13,18H,8H2;1-3H,4H2;;;/q;;+2;2*-1. The largest absolute Gasteiger partial charge is 1.00 e. The van der Waals surface area contributed by atoms with Crippen molar-refractivity contribution in [1.82, 2.24) is 0 Å². The van der Waals surface area contributed by atoms with E-state index in [1.165, 1.54) is 17.5 Å². The molecular weight excluding hydrogens is 367 g/mol. The van der Waals surface area contributed by atoms with Crippen LogP contribution in [0.3, 0.4) is 0 Å². The first-order valence-corrected chi connectivity index (χ1v) is 11.0. The molecule has 0 aromatic heterocycles. The van der Waals surface area contributed by atoms with Crippen molar-refractivity contribution < 1.29 is 26.1 Å². The summed E-state index contributed by atoms with van der Waals surface area (Å²) in [5.41, 5.74) is 4.37. The second-order valence-electron chi connectivity index (χ2n) is 6.24. The quantitative estimate of drug-likeness (QED) is 0.572. The molecule has 0 amide bonds. The second kappa shape index (κ2) is 7.45. The van der Waals surface area contributed by atoms with Crippen LogP contribution in [0.25, 0.3) is 0 Å². The van der Waals surface area contributed by atoms with Crippen molar-refractivity contribution >= 4 is 0 Å². The fourth-order valence-electron chi connectivity index (χ4n) is 3.49. The average molecular weight is 390 g/mol. The zero-order valence-corrected chi connectivity index (χ0v) is 16.1. The van der Waals surface area contributed by atoms with Gasteiger partial charge in [-0.2, -0.15) is 0 Å². The topological polar surface area (TPSA) is 0 Å². The van der Waals surface area contributed by atoms with Gasteiger partial charge in [-0.15, -0.1) is 0 Å². The predicted octanol–water partition coefficient (Wildman–Crippen LogP) is 6.18. The van der Waals surface area contributed by atoms with E-state index in [-0.39, 0.29) is 2.85 Å². The van der Waals surface area contributed by atoms with Gasteiger partial charge in [0.15, 0.2) is 0 Å². The summed E-state index contributed by atoms with van der Waals surface area (Å²) in [7, 11) is 0. The number of allylic oxidation sites excluding steroid dienone is 8. The Bertz CT molecular complexity index is 794. The van der Waals surface area contributed by atoms with Crippen molar-refractivity contribution in [3.8, 4) is 0 Å². The fraction of sp³-hybridized carbons (Fsp3) is 0.130. The molecule has 0 N–H and O–H groups in total. The molecular formula is C23H22Zr. The van der Waals surface area contributed by atoms with Gasteiger partial charge in [0, 0.05) is 0 Å². The summed E-state index contributed by atoms with van der Waals surface area (Å²) >= 11 is -0.639. The molecule has 118 valence electrons. The molecule has 0 nitrogen and oxygen atoms in total. The molecule has 2 aromatic rings. The Morgan fingerprint density at radius 1 is 0.792 bits per heavy atom. The SMILES string of the molecule is C1=CC[C]([Zr+2][C]2=C(C(c3ccccc3)c3ccccc3)C=CC2)=C1.[H-].[H-]. The van der Waals surface area contributed by atoms with Crippen molar-refractivity contribution in [3.63, 3.8) is 0 Å². The third-order valence-corrected chi connectivity index (χ3v) is 8.28. The van der Waals surface area contributed by atoms with Gasteiger partial charge in [0.05, 0.1) is 0 Å². The van der Waals surface area contributed by atoms with Gasteiger partial charge in [0.1, 0.15) is 0 Å². The van der Waals surface area contributed by atoms with Gasteiger partial charge >= 0.3 is 156 Å². The van der Waals surface area contributed by atoms with Crippen molar-refractivity contribution in [2.24, 2.45) is 0 Å². The van der Waals surface area contributed by atoms with Crippen LogP contribution in [-0.2, 0) is 23.2 Å². The van der Waals surface area contributed by atoms with Crippen LogP contribution in [0.5, 0.6) is 0 Å². The minimum Gasteiger partial charge on any atom is -1.00 e. The molecule has 24 heavy (non-hydrogen) atoms. The van der Waals surface area contributed by atoms with Gasteiger partial charge in [0.25, 0.3) is 0 Å². The smallest absolute Gasteiger partial charge is 1.00 e. The maximum absolute atomic E-state index is 2.39. The first-order chi connectivity index (χ1) is 11.9. The van der Waals surface area contributed by atoms with E-state index in [1.54, 1.807) is 12.1 Å². The predicted molar refractivity (Wildman–Crippen MR) is 99.6 cm³/mol. The summed E-state index contributed by atoms with van der Waals surface area (Å²) in [4.78, 5) is 0. The first-order valence-electron chi connectivity index (χ1n) is 8.54. The zero-order chi connectivity index (χ0) is 16.2. The molecule has 0 aliphatic heterocycles. The van der Waals surface area contributed by atoms with Crippen LogP contribution >= 0.6 is 0 Å². The van der Waals surface area contributed by atoms with Crippen molar-refractivity contribution in [1.29, 1.82) is 0 Å². The summed E-state index contributed by atoms with van der Waals surface area (Å²) < 4.78 is 3.45. The number of rotatable bonds is 5. The van der Waals surface area contributed by atoms with Crippen molar-refractivity contribution in [2.45, 2.75) is 18.8 Å². The van der Waals surface area contributed by atoms with Crippen LogP contribution in [0.2, 0.25) is 0 Å². The minimum absolute atomic E-state index is 0. The van der Waals surface area contributed by atoms with Gasteiger partial charge in [-0.1, -0.05) is 0 Å². The minimum atomic E-state index is -0.639. The van der Waals surface area contributed by atoms with E-state index in [2.05, 4.69) is 91.0 Å². The number of hydrogen-bond donors (Lipinski definition) is 0. The Labute approximate surface area is 158 Å². The maximum Gasteiger partial charge on any atom is -1.00 e. The molecule has 4 rings (SSSR count). The summed E-state index contributed by atoms with van der Waals surface area (Å²) in [6, 6.07) is 22.0. The van der Waals surface area contributed by atoms with Gasteiger partial charge in [-0.05, 0) is 0 Å². The van der Waals surface area contributed by atoms with E-state index in [1.807, 2.05) is 0 Å². The normalized spacial score (nSPS) is 16.0. The summed E-state index contributed by atoms with van der Waals surface area (Å²) in [5, 5.41) is 0. The van der Waals surface area contributed by atoms with E-state index in [4.69, 9.17) is 0 Å². The monoisotopic (exact) mass is 388 g/mol. The third-order valence-electron chi connectivity index (χ3n) is 4.63. The van der Waals surface area contributed by atoms with Crippen LogP contribution in [-0.4, -0.2) is 0 Å². The Kier molecular flexibility index (Phi) is 4.90. The first kappa shape index (κ1) is 15.8. The van der Waals surface area contributed by atoms with Crippen molar-refractivity contribution in [3.05, 3.63) is 114 Å². The summed E-state index contributed by atoms with van der Waals surface area (Å²) in [5.74, 6) is 0.372. The van der Waals surface area contributed by atoms with Crippen LogP contribution in [0.1, 0.15) is 32.7 Å². The molecule has 0 bridgehead atoms. The van der Waals surface area contributed by atoms with Gasteiger partial charge in [0.2, 0.25) is 0 Å². The van der Waals surface area contributed by atoms with Crippen LogP contribution in [0.4, 0.5) is 0 Å². The number of hydrogen-bond acceptors (Lipinski definition) is 0. The number of benzene rings is 2. The van der Waals surface area contributed by atoms with Gasteiger partial charge < -0.3 is 2.85 Å².